The molecule has 2 fully saturated rings. The van der Waals surface area contributed by atoms with E-state index in [4.69, 9.17) is 4.74 Å². The maximum atomic E-state index is 12.7. The Morgan fingerprint density at radius 2 is 2.03 bits per heavy atom. The number of para-hydroxylation sites is 1. The van der Waals surface area contributed by atoms with E-state index in [1.54, 1.807) is 4.57 Å². The van der Waals surface area contributed by atoms with Crippen molar-refractivity contribution in [3.05, 3.63) is 40.3 Å². The van der Waals surface area contributed by atoms with Gasteiger partial charge in [-0.3, -0.25) is 19.1 Å². The Kier molecular flexibility index (Phi) is 8.41. The molecule has 1 aromatic heterocycles. The van der Waals surface area contributed by atoms with Gasteiger partial charge < -0.3 is 15.0 Å². The van der Waals surface area contributed by atoms with Gasteiger partial charge in [0.05, 0.1) is 24.9 Å². The fourth-order valence-electron chi connectivity index (χ4n) is 4.28. The highest BCUT2D eigenvalue weighted by Gasteiger charge is 2.24. The first-order chi connectivity index (χ1) is 16.5. The molecule has 2 aromatic rings. The molecule has 11 heteroatoms. The number of hydrogen-bond acceptors (Lipinski definition) is 7. The summed E-state index contributed by atoms with van der Waals surface area (Å²) < 4.78 is 7.18. The minimum absolute atomic E-state index is 0.00471. The molecule has 2 aliphatic heterocycles. The molecule has 2 aliphatic rings. The van der Waals surface area contributed by atoms with Crippen molar-refractivity contribution >= 4 is 29.3 Å². The number of carbonyl (C=O) groups excluding carboxylic acids is 2. The van der Waals surface area contributed by atoms with E-state index in [2.05, 4.69) is 27.3 Å². The highest BCUT2D eigenvalue weighted by Crippen LogP contribution is 2.19. The second-order valence-electron chi connectivity index (χ2n) is 8.56. The molecule has 2 saturated heterocycles. The third kappa shape index (κ3) is 6.28. The van der Waals surface area contributed by atoms with Gasteiger partial charge in [-0.05, 0) is 30.9 Å². The van der Waals surface area contributed by atoms with Crippen molar-refractivity contribution in [1.82, 2.24) is 24.6 Å². The number of rotatable bonds is 9. The highest BCUT2D eigenvalue weighted by atomic mass is 32.2. The normalized spacial score (nSPS) is 18.9. The molecule has 1 atom stereocenters. The Labute approximate surface area is 203 Å². The summed E-state index contributed by atoms with van der Waals surface area (Å²) in [5.74, 6) is 0.175. The molecule has 0 bridgehead atoms. The zero-order chi connectivity index (χ0) is 23.9. The first-order valence-electron chi connectivity index (χ1n) is 11.8. The van der Waals surface area contributed by atoms with Crippen molar-refractivity contribution in [2.24, 2.45) is 0 Å². The summed E-state index contributed by atoms with van der Waals surface area (Å²) in [7, 11) is 0. The number of aromatic amines is 1. The Morgan fingerprint density at radius 1 is 1.24 bits per heavy atom. The quantitative estimate of drug-likeness (QED) is 0.510. The summed E-state index contributed by atoms with van der Waals surface area (Å²) >= 11 is 1.27. The lowest BCUT2D eigenvalue weighted by Crippen LogP contribution is -2.50. The molecule has 0 spiro atoms. The van der Waals surface area contributed by atoms with Crippen LogP contribution in [-0.4, -0.2) is 87.6 Å². The van der Waals surface area contributed by atoms with Crippen LogP contribution in [0.15, 0.2) is 34.2 Å². The summed E-state index contributed by atoms with van der Waals surface area (Å²) in [6, 6.07) is 7.83. The molecule has 10 nitrogen and oxygen atoms in total. The van der Waals surface area contributed by atoms with E-state index >= 15 is 0 Å². The van der Waals surface area contributed by atoms with Crippen molar-refractivity contribution < 1.29 is 14.3 Å². The fourth-order valence-corrected chi connectivity index (χ4v) is 5.14. The van der Waals surface area contributed by atoms with Gasteiger partial charge in [-0.15, -0.1) is 5.10 Å². The Morgan fingerprint density at radius 3 is 2.76 bits per heavy atom. The number of aryl methyl sites for hydroxylation is 1. The largest absolute Gasteiger partial charge is 0.376 e. The molecule has 34 heavy (non-hydrogen) atoms. The Hall–Kier alpha value is -2.63. The van der Waals surface area contributed by atoms with E-state index in [1.807, 2.05) is 29.2 Å². The van der Waals surface area contributed by atoms with Gasteiger partial charge in [0.25, 0.3) is 0 Å². The molecular weight excluding hydrogens is 456 g/mol. The van der Waals surface area contributed by atoms with Crippen molar-refractivity contribution in [3.8, 4) is 0 Å². The van der Waals surface area contributed by atoms with Gasteiger partial charge >= 0.3 is 5.69 Å². The molecule has 184 valence electrons. The van der Waals surface area contributed by atoms with E-state index in [9.17, 15) is 14.4 Å². The number of anilines is 1. The van der Waals surface area contributed by atoms with Crippen LogP contribution in [0.25, 0.3) is 0 Å². The van der Waals surface area contributed by atoms with E-state index in [0.29, 0.717) is 44.4 Å². The monoisotopic (exact) mass is 488 g/mol. The number of benzene rings is 1. The first kappa shape index (κ1) is 24.5. The van der Waals surface area contributed by atoms with Gasteiger partial charge in [0.2, 0.25) is 11.8 Å². The standard InChI is InChI=1S/C23H32N6O4S/c1-2-17-6-3-4-8-19(17)24-20(30)15-27-9-11-28(12-10-27)21(31)16-34-23-26-25-22(32)29(23)14-18-7-5-13-33-18/h3-4,6,8,18H,2,5,7,9-16H2,1H3,(H,24,30)(H,25,32). The second-order valence-corrected chi connectivity index (χ2v) is 9.50. The van der Waals surface area contributed by atoms with Crippen LogP contribution in [0.2, 0.25) is 0 Å². The van der Waals surface area contributed by atoms with Crippen molar-refractivity contribution in [3.63, 3.8) is 0 Å². The average molecular weight is 489 g/mol. The molecule has 1 aromatic carbocycles. The van der Waals surface area contributed by atoms with Crippen LogP contribution in [0.5, 0.6) is 0 Å². The fraction of sp³-hybridized carbons (Fsp3) is 0.565. The number of thioether (sulfide) groups is 1. The van der Waals surface area contributed by atoms with Crippen molar-refractivity contribution in [1.29, 1.82) is 0 Å². The van der Waals surface area contributed by atoms with Gasteiger partial charge in [0.15, 0.2) is 5.16 Å². The summed E-state index contributed by atoms with van der Waals surface area (Å²) in [6.45, 7) is 5.97. The van der Waals surface area contributed by atoms with Crippen LogP contribution < -0.4 is 11.0 Å². The van der Waals surface area contributed by atoms with Gasteiger partial charge in [0, 0.05) is 38.5 Å². The number of hydrogen-bond donors (Lipinski definition) is 2. The van der Waals surface area contributed by atoms with E-state index in [0.717, 1.165) is 37.1 Å². The molecule has 2 N–H and O–H groups in total. The molecule has 1 unspecified atom stereocenters. The summed E-state index contributed by atoms with van der Waals surface area (Å²) in [5.41, 5.74) is 1.69. The maximum absolute atomic E-state index is 12.7. The van der Waals surface area contributed by atoms with Crippen LogP contribution in [0, 0.1) is 0 Å². The highest BCUT2D eigenvalue weighted by molar-refractivity contribution is 7.99. The number of ether oxygens (including phenoxy) is 1. The lowest BCUT2D eigenvalue weighted by atomic mass is 10.1. The van der Waals surface area contributed by atoms with Gasteiger partial charge in [-0.2, -0.15) is 0 Å². The number of nitrogens with zero attached hydrogens (tertiary/aromatic N) is 4. The maximum Gasteiger partial charge on any atom is 0.344 e. The van der Waals surface area contributed by atoms with Crippen LogP contribution in [-0.2, 0) is 27.3 Å². The summed E-state index contributed by atoms with van der Waals surface area (Å²) in [6.07, 6.45) is 2.80. The number of piperazine rings is 1. The zero-order valence-electron chi connectivity index (χ0n) is 19.5. The number of carbonyl (C=O) groups is 2. The number of aromatic nitrogens is 3. The molecule has 0 radical (unpaired) electrons. The molecular formula is C23H32N6O4S. The molecule has 3 heterocycles. The Balaban J connectivity index is 1.21. The molecule has 4 rings (SSSR count). The summed E-state index contributed by atoms with van der Waals surface area (Å²) in [5, 5.41) is 10.1. The second kappa shape index (κ2) is 11.7. The first-order valence-corrected chi connectivity index (χ1v) is 12.8. The van der Waals surface area contributed by atoms with Crippen molar-refractivity contribution in [2.75, 3.05) is 50.4 Å². The lowest BCUT2D eigenvalue weighted by Gasteiger charge is -2.34. The predicted molar refractivity (Wildman–Crippen MR) is 130 cm³/mol. The minimum Gasteiger partial charge on any atom is -0.376 e. The minimum atomic E-state index is -0.279. The third-order valence-electron chi connectivity index (χ3n) is 6.22. The van der Waals surface area contributed by atoms with Crippen LogP contribution >= 0.6 is 11.8 Å². The smallest absolute Gasteiger partial charge is 0.344 e. The summed E-state index contributed by atoms with van der Waals surface area (Å²) in [4.78, 5) is 41.2. The molecule has 0 saturated carbocycles. The lowest BCUT2D eigenvalue weighted by molar-refractivity contribution is -0.130. The number of nitrogens with one attached hydrogen (secondary N) is 2. The van der Waals surface area contributed by atoms with Crippen molar-refractivity contribution in [2.45, 2.75) is 44.0 Å². The van der Waals surface area contributed by atoms with Gasteiger partial charge in [-0.1, -0.05) is 36.9 Å². The van der Waals surface area contributed by atoms with Gasteiger partial charge in [0.1, 0.15) is 0 Å². The van der Waals surface area contributed by atoms with E-state index in [-0.39, 0.29) is 29.4 Å². The van der Waals surface area contributed by atoms with Gasteiger partial charge in [-0.25, -0.2) is 9.89 Å². The predicted octanol–water partition coefficient (Wildman–Crippen LogP) is 1.19. The number of H-pyrrole nitrogens is 1. The molecule has 0 aliphatic carbocycles. The molecule has 2 amide bonds. The SMILES string of the molecule is CCc1ccccc1NC(=O)CN1CCN(C(=O)CSc2n[nH]c(=O)n2CC2CCCO2)CC1. The Bertz CT molecular complexity index is 1040. The van der Waals surface area contributed by atoms with Crippen LogP contribution in [0.1, 0.15) is 25.3 Å². The third-order valence-corrected chi connectivity index (χ3v) is 7.18. The van der Waals surface area contributed by atoms with E-state index in [1.165, 1.54) is 11.8 Å². The number of amides is 2. The topological polar surface area (TPSA) is 113 Å². The van der Waals surface area contributed by atoms with Crippen LogP contribution in [0.4, 0.5) is 5.69 Å². The zero-order valence-corrected chi connectivity index (χ0v) is 20.3. The van der Waals surface area contributed by atoms with E-state index < -0.39 is 0 Å². The van der Waals surface area contributed by atoms with Crippen LogP contribution in [0.3, 0.4) is 0 Å². The average Bonchev–Trinajstić information content (AvgIpc) is 3.49.